The molecule has 1 aromatic heterocycles. The van der Waals surface area contributed by atoms with Crippen molar-refractivity contribution in [1.82, 2.24) is 4.98 Å². The third-order valence-corrected chi connectivity index (χ3v) is 3.36. The molecular formula is C19H18N2O4. The number of pyridine rings is 1. The van der Waals surface area contributed by atoms with Gasteiger partial charge in [-0.3, -0.25) is 14.9 Å². The topological polar surface area (TPSA) is 82.3 Å². The van der Waals surface area contributed by atoms with Crippen molar-refractivity contribution in [3.8, 4) is 17.7 Å². The SMILES string of the molecule is CC(C)(CC#Cc1ccc([N+](=O)[O-])cc1)CC(=O)Oc1ccccn1. The first-order valence-electron chi connectivity index (χ1n) is 7.71. The Morgan fingerprint density at radius 3 is 2.56 bits per heavy atom. The molecule has 1 aromatic carbocycles. The minimum atomic E-state index is -0.451. The predicted octanol–water partition coefficient (Wildman–Crippen LogP) is 3.75. The minimum Gasteiger partial charge on any atom is -0.407 e. The summed E-state index contributed by atoms with van der Waals surface area (Å²) < 4.78 is 5.19. The molecule has 2 rings (SSSR count). The van der Waals surface area contributed by atoms with Crippen LogP contribution in [0.4, 0.5) is 5.69 Å². The van der Waals surface area contributed by atoms with Crippen LogP contribution in [0.5, 0.6) is 5.88 Å². The van der Waals surface area contributed by atoms with Crippen molar-refractivity contribution < 1.29 is 14.5 Å². The number of nitrogens with zero attached hydrogens (tertiary/aromatic N) is 2. The van der Waals surface area contributed by atoms with Gasteiger partial charge >= 0.3 is 5.97 Å². The molecule has 1 heterocycles. The molecule has 6 nitrogen and oxygen atoms in total. The van der Waals surface area contributed by atoms with Crippen LogP contribution >= 0.6 is 0 Å². The molecule has 0 N–H and O–H groups in total. The molecule has 0 saturated heterocycles. The van der Waals surface area contributed by atoms with Crippen molar-refractivity contribution in [2.75, 3.05) is 0 Å². The van der Waals surface area contributed by atoms with E-state index in [1.807, 2.05) is 13.8 Å². The van der Waals surface area contributed by atoms with Crippen LogP contribution in [0.1, 0.15) is 32.3 Å². The van der Waals surface area contributed by atoms with Crippen molar-refractivity contribution in [2.24, 2.45) is 5.41 Å². The average Bonchev–Trinajstić information content (AvgIpc) is 2.55. The fraction of sp³-hybridized carbons (Fsp3) is 0.263. The zero-order valence-corrected chi connectivity index (χ0v) is 14.1. The molecule has 25 heavy (non-hydrogen) atoms. The van der Waals surface area contributed by atoms with Crippen LogP contribution in [-0.2, 0) is 4.79 Å². The first kappa shape index (κ1) is 18.1. The van der Waals surface area contributed by atoms with Gasteiger partial charge in [-0.2, -0.15) is 0 Å². The monoisotopic (exact) mass is 338 g/mol. The first-order chi connectivity index (χ1) is 11.9. The number of carbonyl (C=O) groups is 1. The van der Waals surface area contributed by atoms with Crippen LogP contribution in [0, 0.1) is 27.4 Å². The van der Waals surface area contributed by atoms with Gasteiger partial charge in [0.15, 0.2) is 0 Å². The number of aromatic nitrogens is 1. The second-order valence-electron chi connectivity index (χ2n) is 6.27. The number of ether oxygens (including phenoxy) is 1. The molecule has 6 heteroatoms. The molecule has 0 amide bonds. The van der Waals surface area contributed by atoms with Gasteiger partial charge in [0, 0.05) is 36.4 Å². The van der Waals surface area contributed by atoms with Gasteiger partial charge < -0.3 is 4.74 Å². The first-order valence-corrected chi connectivity index (χ1v) is 7.71. The molecule has 0 unspecified atom stereocenters. The Morgan fingerprint density at radius 2 is 1.96 bits per heavy atom. The molecule has 0 saturated carbocycles. The highest BCUT2D eigenvalue weighted by molar-refractivity contribution is 5.72. The molecule has 0 aliphatic rings. The zero-order valence-electron chi connectivity index (χ0n) is 14.1. The summed E-state index contributed by atoms with van der Waals surface area (Å²) >= 11 is 0. The number of rotatable bonds is 5. The van der Waals surface area contributed by atoms with E-state index < -0.39 is 4.92 Å². The Kier molecular flexibility index (Phi) is 5.85. The second-order valence-corrected chi connectivity index (χ2v) is 6.27. The van der Waals surface area contributed by atoms with E-state index in [-0.39, 0.29) is 29.4 Å². The van der Waals surface area contributed by atoms with Crippen molar-refractivity contribution >= 4 is 11.7 Å². The van der Waals surface area contributed by atoms with Crippen LogP contribution in [-0.4, -0.2) is 15.9 Å². The van der Waals surface area contributed by atoms with Crippen molar-refractivity contribution in [3.05, 3.63) is 64.3 Å². The molecule has 0 radical (unpaired) electrons. The van der Waals surface area contributed by atoms with E-state index in [1.165, 1.54) is 12.1 Å². The molecular weight excluding hydrogens is 320 g/mol. The zero-order chi connectivity index (χ0) is 18.3. The summed E-state index contributed by atoms with van der Waals surface area (Å²) in [4.78, 5) is 26.1. The van der Waals surface area contributed by atoms with E-state index in [0.717, 1.165) is 0 Å². The van der Waals surface area contributed by atoms with E-state index in [0.29, 0.717) is 12.0 Å². The quantitative estimate of drug-likeness (QED) is 0.359. The van der Waals surface area contributed by atoms with Gasteiger partial charge in [-0.05, 0) is 23.6 Å². The predicted molar refractivity (Wildman–Crippen MR) is 92.9 cm³/mol. The summed E-state index contributed by atoms with van der Waals surface area (Å²) in [7, 11) is 0. The van der Waals surface area contributed by atoms with Crippen LogP contribution in [0.15, 0.2) is 48.7 Å². The smallest absolute Gasteiger partial charge is 0.313 e. The van der Waals surface area contributed by atoms with Crippen LogP contribution in [0.3, 0.4) is 0 Å². The molecule has 0 atom stereocenters. The Bertz CT molecular complexity index is 803. The normalized spacial score (nSPS) is 10.5. The fourth-order valence-corrected chi connectivity index (χ4v) is 2.07. The number of esters is 1. The maximum atomic E-state index is 12.0. The molecule has 128 valence electrons. The lowest BCUT2D eigenvalue weighted by Gasteiger charge is -2.20. The number of hydrogen-bond acceptors (Lipinski definition) is 5. The van der Waals surface area contributed by atoms with Gasteiger partial charge in [-0.15, -0.1) is 0 Å². The van der Waals surface area contributed by atoms with Crippen molar-refractivity contribution in [2.45, 2.75) is 26.7 Å². The molecule has 0 spiro atoms. The fourth-order valence-electron chi connectivity index (χ4n) is 2.07. The lowest BCUT2D eigenvalue weighted by molar-refractivity contribution is -0.384. The molecule has 0 aliphatic carbocycles. The lowest BCUT2D eigenvalue weighted by atomic mass is 9.86. The number of carbonyl (C=O) groups excluding carboxylic acids is 1. The van der Waals surface area contributed by atoms with Gasteiger partial charge in [-0.1, -0.05) is 31.8 Å². The van der Waals surface area contributed by atoms with Crippen molar-refractivity contribution in [1.29, 1.82) is 0 Å². The highest BCUT2D eigenvalue weighted by atomic mass is 16.6. The largest absolute Gasteiger partial charge is 0.407 e. The van der Waals surface area contributed by atoms with Gasteiger partial charge in [-0.25, -0.2) is 4.98 Å². The number of nitro benzene ring substituents is 1. The summed E-state index contributed by atoms with van der Waals surface area (Å²) in [6.07, 6.45) is 2.25. The Morgan fingerprint density at radius 1 is 1.24 bits per heavy atom. The van der Waals surface area contributed by atoms with Gasteiger partial charge in [0.25, 0.3) is 5.69 Å². The van der Waals surface area contributed by atoms with Gasteiger partial charge in [0.2, 0.25) is 5.88 Å². The number of benzene rings is 1. The minimum absolute atomic E-state index is 0.0307. The highest BCUT2D eigenvalue weighted by Gasteiger charge is 2.22. The van der Waals surface area contributed by atoms with Crippen LogP contribution in [0.2, 0.25) is 0 Å². The van der Waals surface area contributed by atoms with Gasteiger partial charge in [0.05, 0.1) is 11.3 Å². The average molecular weight is 338 g/mol. The third kappa shape index (κ3) is 6.07. The van der Waals surface area contributed by atoms with Crippen LogP contribution < -0.4 is 4.74 Å². The molecule has 0 fully saturated rings. The van der Waals surface area contributed by atoms with E-state index in [2.05, 4.69) is 16.8 Å². The van der Waals surface area contributed by atoms with Gasteiger partial charge in [0.1, 0.15) is 0 Å². The van der Waals surface area contributed by atoms with E-state index in [1.54, 1.807) is 36.5 Å². The van der Waals surface area contributed by atoms with Crippen LogP contribution in [0.25, 0.3) is 0 Å². The standard InChI is InChI=1S/C19H18N2O4/c1-19(2,14-18(22)25-17-7-3-4-13-20-17)12-5-6-15-8-10-16(11-9-15)21(23)24/h3-4,7-11,13H,12,14H2,1-2H3. The van der Waals surface area contributed by atoms with E-state index in [9.17, 15) is 14.9 Å². The molecule has 2 aromatic rings. The van der Waals surface area contributed by atoms with E-state index in [4.69, 9.17) is 4.74 Å². The summed E-state index contributed by atoms with van der Waals surface area (Å²) in [5.41, 5.74) is 0.361. The number of non-ortho nitro benzene ring substituents is 1. The van der Waals surface area contributed by atoms with Crippen molar-refractivity contribution in [3.63, 3.8) is 0 Å². The summed E-state index contributed by atoms with van der Waals surface area (Å²) in [6.45, 7) is 3.86. The third-order valence-electron chi connectivity index (χ3n) is 3.36. The molecule has 0 aliphatic heterocycles. The summed E-state index contributed by atoms with van der Waals surface area (Å²) in [5, 5.41) is 10.6. The second kappa shape index (κ2) is 8.06. The Balaban J connectivity index is 1.90. The maximum absolute atomic E-state index is 12.0. The molecule has 0 bridgehead atoms. The summed E-state index contributed by atoms with van der Waals surface area (Å²) in [5.74, 6) is 5.89. The van der Waals surface area contributed by atoms with E-state index >= 15 is 0 Å². The Labute approximate surface area is 146 Å². The highest BCUT2D eigenvalue weighted by Crippen LogP contribution is 2.25. The summed E-state index contributed by atoms with van der Waals surface area (Å²) in [6, 6.07) is 11.2. The lowest BCUT2D eigenvalue weighted by Crippen LogP contribution is -2.20. The number of nitro groups is 1. The number of hydrogen-bond donors (Lipinski definition) is 0. The Hall–Kier alpha value is -3.20. The maximum Gasteiger partial charge on any atom is 0.313 e.